The number of hydrogen-bond donors (Lipinski definition) is 3. The molecule has 0 radical (unpaired) electrons. The molecule has 0 unspecified atom stereocenters. The molecule has 0 aliphatic carbocycles. The minimum Gasteiger partial charge on any atom is -0.493 e. The van der Waals surface area contributed by atoms with E-state index in [1.54, 1.807) is 14.2 Å². The molecule has 31 heavy (non-hydrogen) atoms. The summed E-state index contributed by atoms with van der Waals surface area (Å²) in [4.78, 5) is 15.6. The number of nitrogens with one attached hydrogen (secondary N) is 2. The highest BCUT2D eigenvalue weighted by Crippen LogP contribution is 2.30. The van der Waals surface area contributed by atoms with Crippen molar-refractivity contribution in [2.24, 2.45) is 0 Å². The van der Waals surface area contributed by atoms with E-state index in [1.165, 1.54) is 0 Å². The molecule has 3 rings (SSSR count). The molecule has 1 saturated heterocycles. The maximum absolute atomic E-state index is 13.3. The molecule has 1 amide bonds. The Balaban J connectivity index is 1.82. The number of nitrogens with zero attached hydrogens (tertiary/aromatic N) is 1. The van der Waals surface area contributed by atoms with Gasteiger partial charge in [-0.05, 0) is 55.2 Å². The first-order chi connectivity index (χ1) is 15.1. The van der Waals surface area contributed by atoms with Crippen LogP contribution in [0.1, 0.15) is 40.9 Å². The van der Waals surface area contributed by atoms with Gasteiger partial charge in [-0.1, -0.05) is 12.1 Å². The maximum Gasteiger partial charge on any atom is 0.252 e. The number of carbonyl (C=O) groups is 1. The lowest BCUT2D eigenvalue weighted by molar-refractivity contribution is 0.0938. The summed E-state index contributed by atoms with van der Waals surface area (Å²) in [5.41, 5.74) is 3.60. The van der Waals surface area contributed by atoms with Crippen LogP contribution in [0.4, 0.5) is 5.69 Å². The third kappa shape index (κ3) is 5.68. The maximum atomic E-state index is 13.3. The van der Waals surface area contributed by atoms with Gasteiger partial charge < -0.3 is 30.1 Å². The molecule has 2 aromatic carbocycles. The molecule has 1 aliphatic heterocycles. The minimum absolute atomic E-state index is 0.0999. The van der Waals surface area contributed by atoms with Gasteiger partial charge in [0.2, 0.25) is 0 Å². The summed E-state index contributed by atoms with van der Waals surface area (Å²) in [6.07, 6.45) is 1.28. The van der Waals surface area contributed by atoms with Crippen molar-refractivity contribution in [2.75, 3.05) is 51.9 Å². The van der Waals surface area contributed by atoms with Crippen LogP contribution in [0, 0.1) is 0 Å². The summed E-state index contributed by atoms with van der Waals surface area (Å²) in [6.45, 7) is 5.75. The fourth-order valence-corrected chi connectivity index (χ4v) is 3.86. The zero-order valence-corrected chi connectivity index (χ0v) is 18.6. The topological polar surface area (TPSA) is 83.1 Å². The van der Waals surface area contributed by atoms with Gasteiger partial charge in [0.15, 0.2) is 11.5 Å². The van der Waals surface area contributed by atoms with Gasteiger partial charge in [-0.2, -0.15) is 0 Å². The summed E-state index contributed by atoms with van der Waals surface area (Å²) in [5.74, 6) is 1.16. The van der Waals surface area contributed by atoms with E-state index >= 15 is 0 Å². The number of methoxy groups -OCH3 is 2. The lowest BCUT2D eigenvalue weighted by Gasteiger charge is -2.30. The highest BCUT2D eigenvalue weighted by atomic mass is 16.5. The average Bonchev–Trinajstić information content (AvgIpc) is 2.82. The van der Waals surface area contributed by atoms with Crippen molar-refractivity contribution in [2.45, 2.75) is 25.8 Å². The van der Waals surface area contributed by atoms with E-state index in [2.05, 4.69) is 21.6 Å². The van der Waals surface area contributed by atoms with Gasteiger partial charge in [0, 0.05) is 44.0 Å². The van der Waals surface area contributed by atoms with Crippen LogP contribution in [0.3, 0.4) is 0 Å². The molecule has 1 aliphatic rings. The van der Waals surface area contributed by atoms with Gasteiger partial charge in [0.1, 0.15) is 0 Å². The van der Waals surface area contributed by atoms with Gasteiger partial charge in [-0.3, -0.25) is 4.79 Å². The highest BCUT2D eigenvalue weighted by molar-refractivity contribution is 5.97. The van der Waals surface area contributed by atoms with Gasteiger partial charge in [0.25, 0.3) is 5.91 Å². The molecule has 1 fully saturated rings. The third-order valence-electron chi connectivity index (χ3n) is 5.68. The van der Waals surface area contributed by atoms with Crippen LogP contribution in [0.25, 0.3) is 0 Å². The number of hydrogen-bond acceptors (Lipinski definition) is 6. The molecule has 7 nitrogen and oxygen atoms in total. The van der Waals surface area contributed by atoms with E-state index in [-0.39, 0.29) is 18.6 Å². The first-order valence-corrected chi connectivity index (χ1v) is 10.8. The summed E-state index contributed by atoms with van der Waals surface area (Å²) in [5, 5.41) is 15.7. The normalized spacial score (nSPS) is 14.8. The van der Waals surface area contributed by atoms with Crippen LogP contribution in [0.15, 0.2) is 36.4 Å². The molecular weight excluding hydrogens is 394 g/mol. The molecule has 2 aromatic rings. The molecule has 0 aromatic heterocycles. The Labute approximate surface area is 184 Å². The van der Waals surface area contributed by atoms with E-state index in [0.717, 1.165) is 43.0 Å². The van der Waals surface area contributed by atoms with Gasteiger partial charge >= 0.3 is 0 Å². The van der Waals surface area contributed by atoms with Crippen LogP contribution < -0.4 is 25.0 Å². The second kappa shape index (κ2) is 11.0. The molecule has 0 bridgehead atoms. The molecular formula is C24H33N3O4. The van der Waals surface area contributed by atoms with E-state index in [0.29, 0.717) is 29.9 Å². The number of piperazine rings is 1. The number of ether oxygens (including phenoxy) is 2. The molecule has 1 atom stereocenters. The van der Waals surface area contributed by atoms with Crippen molar-refractivity contribution in [3.8, 4) is 11.5 Å². The van der Waals surface area contributed by atoms with Crippen LogP contribution in [-0.4, -0.2) is 58.0 Å². The summed E-state index contributed by atoms with van der Waals surface area (Å²) < 4.78 is 10.7. The number of aliphatic hydroxyl groups is 1. The Hall–Kier alpha value is -2.77. The number of amides is 1. The Kier molecular flexibility index (Phi) is 8.14. The van der Waals surface area contributed by atoms with E-state index in [9.17, 15) is 9.90 Å². The zero-order chi connectivity index (χ0) is 22.2. The number of rotatable bonds is 9. The van der Waals surface area contributed by atoms with Gasteiger partial charge in [-0.25, -0.2) is 0 Å². The van der Waals surface area contributed by atoms with Crippen molar-refractivity contribution in [3.63, 3.8) is 0 Å². The number of aryl methyl sites for hydroxylation is 1. The van der Waals surface area contributed by atoms with Crippen LogP contribution in [-0.2, 0) is 6.42 Å². The monoisotopic (exact) mass is 427 g/mol. The van der Waals surface area contributed by atoms with Crippen LogP contribution in [0.2, 0.25) is 0 Å². The van der Waals surface area contributed by atoms with Crippen molar-refractivity contribution < 1.29 is 19.4 Å². The molecule has 3 N–H and O–H groups in total. The first kappa shape index (κ1) is 22.9. The van der Waals surface area contributed by atoms with Crippen LogP contribution >= 0.6 is 0 Å². The van der Waals surface area contributed by atoms with Gasteiger partial charge in [0.05, 0.1) is 20.3 Å². The fraction of sp³-hybridized carbons (Fsp3) is 0.458. The Morgan fingerprint density at radius 1 is 1.13 bits per heavy atom. The largest absolute Gasteiger partial charge is 0.493 e. The molecule has 0 saturated carbocycles. The Bertz CT molecular complexity index is 881. The number of anilines is 1. The molecule has 0 spiro atoms. The lowest BCUT2D eigenvalue weighted by Crippen LogP contribution is -2.43. The molecule has 1 heterocycles. The van der Waals surface area contributed by atoms with Crippen molar-refractivity contribution in [3.05, 3.63) is 53.1 Å². The average molecular weight is 428 g/mol. The van der Waals surface area contributed by atoms with Gasteiger partial charge in [-0.15, -0.1) is 0 Å². The van der Waals surface area contributed by atoms with E-state index < -0.39 is 0 Å². The van der Waals surface area contributed by atoms with Crippen LogP contribution in [0.5, 0.6) is 11.5 Å². The summed E-state index contributed by atoms with van der Waals surface area (Å²) >= 11 is 0. The van der Waals surface area contributed by atoms with E-state index in [1.807, 2.05) is 37.3 Å². The first-order valence-electron chi connectivity index (χ1n) is 10.8. The predicted molar refractivity (Wildman–Crippen MR) is 122 cm³/mol. The highest BCUT2D eigenvalue weighted by Gasteiger charge is 2.19. The fourth-order valence-electron chi connectivity index (χ4n) is 3.86. The standard InChI is InChI=1S/C24H33N3O4/c1-17(19-7-9-22(30-2)23(15-19)31-3)26-24(29)21-16-20(27-12-10-25-11-13-27)8-6-18(21)5-4-14-28/h6-9,15-17,25,28H,4-5,10-14H2,1-3H3,(H,26,29)/t17-/m1/s1. The summed E-state index contributed by atoms with van der Waals surface area (Å²) in [6, 6.07) is 11.5. The predicted octanol–water partition coefficient (Wildman–Crippen LogP) is 2.53. The van der Waals surface area contributed by atoms with Crippen molar-refractivity contribution in [1.29, 1.82) is 0 Å². The third-order valence-corrected chi connectivity index (χ3v) is 5.68. The zero-order valence-electron chi connectivity index (χ0n) is 18.6. The quantitative estimate of drug-likeness (QED) is 0.571. The Morgan fingerprint density at radius 2 is 1.87 bits per heavy atom. The molecule has 7 heteroatoms. The second-order valence-electron chi connectivity index (χ2n) is 7.72. The van der Waals surface area contributed by atoms with Crippen molar-refractivity contribution >= 4 is 11.6 Å². The SMILES string of the molecule is COc1ccc([C@@H](C)NC(=O)c2cc(N3CCNCC3)ccc2CCCO)cc1OC. The molecule has 168 valence electrons. The second-order valence-corrected chi connectivity index (χ2v) is 7.72. The van der Waals surface area contributed by atoms with E-state index in [4.69, 9.17) is 9.47 Å². The Morgan fingerprint density at radius 3 is 2.55 bits per heavy atom. The number of carbonyl (C=O) groups excluding carboxylic acids is 1. The summed E-state index contributed by atoms with van der Waals surface area (Å²) in [7, 11) is 3.20. The number of benzene rings is 2. The minimum atomic E-state index is -0.208. The smallest absolute Gasteiger partial charge is 0.252 e. The number of aliphatic hydroxyl groups excluding tert-OH is 1. The van der Waals surface area contributed by atoms with Crippen molar-refractivity contribution in [1.82, 2.24) is 10.6 Å². The lowest BCUT2D eigenvalue weighted by atomic mass is 10.00.